The summed E-state index contributed by atoms with van der Waals surface area (Å²) >= 11 is 0. The van der Waals surface area contributed by atoms with Crippen LogP contribution in [0.5, 0.6) is 5.75 Å². The first-order valence-electron chi connectivity index (χ1n) is 14.1. The molecule has 1 saturated heterocycles. The van der Waals surface area contributed by atoms with Crippen LogP contribution in [0.15, 0.2) is 42.6 Å². The summed E-state index contributed by atoms with van der Waals surface area (Å²) in [6.45, 7) is 5.60. The molecular weight excluding hydrogens is 480 g/mol. The number of aryl methyl sites for hydroxylation is 1. The zero-order chi connectivity index (χ0) is 26.9. The number of carbonyl (C=O) groups is 2. The molecule has 1 fully saturated rings. The van der Waals surface area contributed by atoms with Gasteiger partial charge in [0.2, 0.25) is 5.91 Å². The Morgan fingerprint density at radius 2 is 2.03 bits per heavy atom. The highest BCUT2D eigenvalue weighted by Gasteiger charge is 2.47. The van der Waals surface area contributed by atoms with Gasteiger partial charge in [-0.15, -0.1) is 0 Å². The van der Waals surface area contributed by atoms with E-state index >= 15 is 0 Å². The highest BCUT2D eigenvalue weighted by atomic mass is 16.5. The van der Waals surface area contributed by atoms with E-state index in [0.717, 1.165) is 61.2 Å². The van der Waals surface area contributed by atoms with E-state index in [2.05, 4.69) is 22.9 Å². The third kappa shape index (κ3) is 6.91. The molecule has 0 unspecified atom stereocenters. The normalized spacial score (nSPS) is 20.7. The van der Waals surface area contributed by atoms with Crippen LogP contribution in [-0.2, 0) is 22.4 Å². The number of nitrogens with zero attached hydrogens (tertiary/aromatic N) is 3. The number of unbranched alkanes of at least 4 members (excludes halogenated alkanes) is 2. The molecule has 2 aliphatic rings. The number of hydrogen-bond acceptors (Lipinski definition) is 6. The summed E-state index contributed by atoms with van der Waals surface area (Å²) in [5.41, 5.74) is 8.78. The molecule has 3 N–H and O–H groups in total. The van der Waals surface area contributed by atoms with Gasteiger partial charge in [-0.1, -0.05) is 31.5 Å². The second-order valence-corrected chi connectivity index (χ2v) is 10.5. The second kappa shape index (κ2) is 13.7. The van der Waals surface area contributed by atoms with Gasteiger partial charge in [-0.3, -0.25) is 19.5 Å². The molecule has 0 saturated carbocycles. The van der Waals surface area contributed by atoms with Gasteiger partial charge >= 0.3 is 5.97 Å². The zero-order valence-corrected chi connectivity index (χ0v) is 22.6. The summed E-state index contributed by atoms with van der Waals surface area (Å²) in [6.07, 6.45) is 7.65. The Labute approximate surface area is 226 Å². The molecule has 0 aliphatic carbocycles. The second-order valence-electron chi connectivity index (χ2n) is 10.5. The SMILES string of the molecule is CCCCN(CCCCN)C(=O)CN1C[C@H](c2ccc3c(c2)CCO3)[C@@H](C(=O)O)[C@@H]1CCc1ccccn1. The molecule has 8 nitrogen and oxygen atoms in total. The quantitative estimate of drug-likeness (QED) is 0.366. The van der Waals surface area contributed by atoms with Crippen molar-refractivity contribution in [2.24, 2.45) is 11.7 Å². The van der Waals surface area contributed by atoms with E-state index in [1.165, 1.54) is 0 Å². The lowest BCUT2D eigenvalue weighted by atomic mass is 9.83. The summed E-state index contributed by atoms with van der Waals surface area (Å²) in [5, 5.41) is 10.5. The minimum atomic E-state index is -0.807. The van der Waals surface area contributed by atoms with E-state index in [9.17, 15) is 14.7 Å². The van der Waals surface area contributed by atoms with Crippen LogP contribution >= 0.6 is 0 Å². The lowest BCUT2D eigenvalue weighted by Crippen LogP contribution is -2.45. The summed E-state index contributed by atoms with van der Waals surface area (Å²) in [5.74, 6) is -0.639. The van der Waals surface area contributed by atoms with Crippen LogP contribution in [0.4, 0.5) is 0 Å². The van der Waals surface area contributed by atoms with E-state index in [4.69, 9.17) is 10.5 Å². The maximum atomic E-state index is 13.6. The van der Waals surface area contributed by atoms with Crippen molar-refractivity contribution in [1.29, 1.82) is 0 Å². The monoisotopic (exact) mass is 522 g/mol. The Kier molecular flexibility index (Phi) is 10.1. The van der Waals surface area contributed by atoms with Crippen LogP contribution in [0.3, 0.4) is 0 Å². The standard InChI is InChI=1S/C30H42N4O4/c1-2-3-16-33(17-7-5-14-31)28(35)21-34-20-25(22-9-12-27-23(19-22)13-18-38-27)29(30(36)37)26(34)11-10-24-8-4-6-15-32-24/h4,6,8-9,12,15,19,25-26,29H,2-3,5,7,10-11,13-14,16-18,20-21,31H2,1H3,(H,36,37)/t25-,26+,29-/m1/s1. The van der Waals surface area contributed by atoms with Crippen molar-refractivity contribution in [2.75, 3.05) is 39.3 Å². The number of likely N-dealkylation sites (tertiary alicyclic amines) is 1. The van der Waals surface area contributed by atoms with Gasteiger partial charge in [-0.25, -0.2) is 0 Å². The Morgan fingerprint density at radius 1 is 1.18 bits per heavy atom. The largest absolute Gasteiger partial charge is 0.493 e. The third-order valence-electron chi connectivity index (χ3n) is 7.95. The van der Waals surface area contributed by atoms with Gasteiger partial charge in [-0.2, -0.15) is 0 Å². The minimum Gasteiger partial charge on any atom is -0.493 e. The molecule has 1 aromatic heterocycles. The molecule has 2 aromatic rings. The van der Waals surface area contributed by atoms with Gasteiger partial charge in [0.15, 0.2) is 0 Å². The molecule has 1 aromatic carbocycles. The van der Waals surface area contributed by atoms with Gasteiger partial charge in [0.25, 0.3) is 0 Å². The van der Waals surface area contributed by atoms with Crippen LogP contribution in [0.2, 0.25) is 0 Å². The van der Waals surface area contributed by atoms with E-state index in [-0.39, 0.29) is 24.4 Å². The average molecular weight is 523 g/mol. The number of pyridine rings is 1. The number of aromatic nitrogens is 1. The molecule has 3 atom stereocenters. The maximum absolute atomic E-state index is 13.6. The molecule has 8 heteroatoms. The van der Waals surface area contributed by atoms with Crippen LogP contribution in [0.25, 0.3) is 0 Å². The fourth-order valence-corrected chi connectivity index (χ4v) is 5.90. The first-order valence-corrected chi connectivity index (χ1v) is 14.1. The fraction of sp³-hybridized carbons (Fsp3) is 0.567. The van der Waals surface area contributed by atoms with Crippen LogP contribution in [0, 0.1) is 5.92 Å². The number of nitrogens with two attached hydrogens (primary N) is 1. The molecule has 206 valence electrons. The number of hydrogen-bond donors (Lipinski definition) is 2. The molecular formula is C30H42N4O4. The van der Waals surface area contributed by atoms with E-state index < -0.39 is 11.9 Å². The maximum Gasteiger partial charge on any atom is 0.308 e. The summed E-state index contributed by atoms with van der Waals surface area (Å²) < 4.78 is 5.68. The van der Waals surface area contributed by atoms with Gasteiger partial charge in [0.05, 0.1) is 19.1 Å². The number of ether oxygens (including phenoxy) is 1. The Balaban J connectivity index is 1.57. The highest BCUT2D eigenvalue weighted by Crippen LogP contribution is 2.41. The number of fused-ring (bicyclic) bond motifs is 1. The Bertz CT molecular complexity index is 1060. The van der Waals surface area contributed by atoms with Gasteiger partial charge in [0.1, 0.15) is 5.75 Å². The minimum absolute atomic E-state index is 0.0745. The van der Waals surface area contributed by atoms with Crippen molar-refractivity contribution < 1.29 is 19.4 Å². The molecule has 1 amide bonds. The van der Waals surface area contributed by atoms with Crippen molar-refractivity contribution in [3.05, 3.63) is 59.4 Å². The van der Waals surface area contributed by atoms with Crippen molar-refractivity contribution in [3.63, 3.8) is 0 Å². The lowest BCUT2D eigenvalue weighted by Gasteiger charge is -2.29. The topological polar surface area (TPSA) is 109 Å². The van der Waals surface area contributed by atoms with E-state index in [1.54, 1.807) is 6.20 Å². The molecule has 3 heterocycles. The number of carbonyl (C=O) groups excluding carboxylic acids is 1. The summed E-state index contributed by atoms with van der Waals surface area (Å²) in [7, 11) is 0. The third-order valence-corrected chi connectivity index (χ3v) is 7.95. The summed E-state index contributed by atoms with van der Waals surface area (Å²) in [4.78, 5) is 34.8. The smallest absolute Gasteiger partial charge is 0.308 e. The van der Waals surface area contributed by atoms with Crippen LogP contribution < -0.4 is 10.5 Å². The summed E-state index contributed by atoms with van der Waals surface area (Å²) in [6, 6.07) is 11.6. The number of rotatable bonds is 14. The Morgan fingerprint density at radius 3 is 2.76 bits per heavy atom. The molecule has 4 rings (SSSR count). The Hall–Kier alpha value is -2.97. The molecule has 0 bridgehead atoms. The number of carboxylic acid groups (broad SMARTS) is 1. The van der Waals surface area contributed by atoms with Crippen LogP contribution in [-0.4, -0.2) is 77.1 Å². The molecule has 2 aliphatic heterocycles. The van der Waals surface area contributed by atoms with E-state index in [1.807, 2.05) is 35.2 Å². The lowest BCUT2D eigenvalue weighted by molar-refractivity contribution is -0.143. The molecule has 0 spiro atoms. The molecule has 38 heavy (non-hydrogen) atoms. The number of aliphatic carboxylic acids is 1. The number of amides is 1. The average Bonchev–Trinajstić information content (AvgIpc) is 3.54. The van der Waals surface area contributed by atoms with Crippen molar-refractivity contribution in [2.45, 2.75) is 63.8 Å². The van der Waals surface area contributed by atoms with E-state index in [0.29, 0.717) is 39.1 Å². The van der Waals surface area contributed by atoms with Gasteiger partial charge in [0, 0.05) is 49.9 Å². The van der Waals surface area contributed by atoms with Crippen molar-refractivity contribution >= 4 is 11.9 Å². The number of benzene rings is 1. The zero-order valence-electron chi connectivity index (χ0n) is 22.6. The molecule has 0 radical (unpaired) electrons. The van der Waals surface area contributed by atoms with Crippen LogP contribution in [0.1, 0.15) is 61.8 Å². The number of carboxylic acids is 1. The van der Waals surface area contributed by atoms with Gasteiger partial charge < -0.3 is 20.5 Å². The van der Waals surface area contributed by atoms with Crippen molar-refractivity contribution in [1.82, 2.24) is 14.8 Å². The first kappa shape index (κ1) is 28.0. The predicted molar refractivity (Wildman–Crippen MR) is 147 cm³/mol. The predicted octanol–water partition coefficient (Wildman–Crippen LogP) is 3.49. The van der Waals surface area contributed by atoms with Gasteiger partial charge in [-0.05, 0) is 68.0 Å². The van der Waals surface area contributed by atoms with Crippen molar-refractivity contribution in [3.8, 4) is 5.75 Å². The first-order chi connectivity index (χ1) is 18.5. The fourth-order valence-electron chi connectivity index (χ4n) is 5.90. The highest BCUT2D eigenvalue weighted by molar-refractivity contribution is 5.79.